The Balaban J connectivity index is 1.41. The number of thiazole rings is 1. The number of nitrogens with one attached hydrogen (secondary N) is 2. The monoisotopic (exact) mass is 439 g/mol. The molecule has 2 aromatic carbocycles. The van der Waals surface area contributed by atoms with Crippen LogP contribution in [0.4, 0.5) is 5.69 Å². The minimum atomic E-state index is -0.296. The Morgan fingerprint density at radius 2 is 1.90 bits per heavy atom. The van der Waals surface area contributed by atoms with Crippen molar-refractivity contribution in [1.82, 2.24) is 10.3 Å². The highest BCUT2D eigenvalue weighted by Crippen LogP contribution is 2.24. The molecule has 1 aliphatic rings. The molecule has 0 saturated heterocycles. The molecule has 1 saturated carbocycles. The maximum atomic E-state index is 12.6. The minimum absolute atomic E-state index is 0.192. The normalized spacial score (nSPS) is 14.8. The van der Waals surface area contributed by atoms with Gasteiger partial charge in [-0.25, -0.2) is 4.98 Å². The van der Waals surface area contributed by atoms with Gasteiger partial charge in [0.15, 0.2) is 0 Å². The van der Waals surface area contributed by atoms with Gasteiger partial charge < -0.3 is 10.6 Å². The van der Waals surface area contributed by atoms with Crippen molar-refractivity contribution in [3.05, 3.63) is 64.1 Å². The number of rotatable bonds is 5. The van der Waals surface area contributed by atoms with Gasteiger partial charge >= 0.3 is 0 Å². The predicted octanol–water partition coefficient (Wildman–Crippen LogP) is 5.66. The Morgan fingerprint density at radius 3 is 2.70 bits per heavy atom. The van der Waals surface area contributed by atoms with E-state index in [0.717, 1.165) is 40.9 Å². The largest absolute Gasteiger partial charge is 0.349 e. The molecule has 1 aromatic heterocycles. The predicted molar refractivity (Wildman–Crippen MR) is 123 cm³/mol. The lowest BCUT2D eigenvalue weighted by atomic mass is 9.95. The van der Waals surface area contributed by atoms with Crippen molar-refractivity contribution in [2.75, 3.05) is 5.32 Å². The number of halogens is 1. The van der Waals surface area contributed by atoms with E-state index in [1.54, 1.807) is 24.3 Å². The number of amides is 2. The van der Waals surface area contributed by atoms with Crippen LogP contribution in [0.15, 0.2) is 48.5 Å². The molecule has 1 fully saturated rings. The molecule has 0 bridgehead atoms. The molecule has 2 N–H and O–H groups in total. The summed E-state index contributed by atoms with van der Waals surface area (Å²) >= 11 is 7.75. The summed E-state index contributed by atoms with van der Waals surface area (Å²) in [5.74, 6) is -0.497. The zero-order valence-electron chi connectivity index (χ0n) is 16.4. The number of anilines is 1. The van der Waals surface area contributed by atoms with Crippen molar-refractivity contribution in [3.63, 3.8) is 0 Å². The molecule has 30 heavy (non-hydrogen) atoms. The fraction of sp³-hybridized carbons (Fsp3) is 0.261. The van der Waals surface area contributed by atoms with E-state index < -0.39 is 0 Å². The Hall–Kier alpha value is -2.70. The summed E-state index contributed by atoms with van der Waals surface area (Å²) < 4.78 is 1.07. The SMILES string of the molecule is O=C(/C=C/c1nc2ccccc2s1)Nc1ccc(Cl)c(C(=O)NC2CCCCC2)c1. The van der Waals surface area contributed by atoms with E-state index in [4.69, 9.17) is 11.6 Å². The molecule has 0 atom stereocenters. The number of hydrogen-bond acceptors (Lipinski definition) is 4. The van der Waals surface area contributed by atoms with Crippen molar-refractivity contribution in [2.45, 2.75) is 38.1 Å². The lowest BCUT2D eigenvalue weighted by molar-refractivity contribution is -0.111. The van der Waals surface area contributed by atoms with Gasteiger partial charge in [-0.3, -0.25) is 9.59 Å². The average Bonchev–Trinajstić information content (AvgIpc) is 3.17. The van der Waals surface area contributed by atoms with Crippen LogP contribution in [0.5, 0.6) is 0 Å². The third-order valence-electron chi connectivity index (χ3n) is 5.11. The smallest absolute Gasteiger partial charge is 0.253 e. The molecule has 1 aliphatic carbocycles. The van der Waals surface area contributed by atoms with Crippen molar-refractivity contribution in [2.24, 2.45) is 0 Å². The molecule has 3 aromatic rings. The Labute approximate surface area is 184 Å². The lowest BCUT2D eigenvalue weighted by Gasteiger charge is -2.23. The summed E-state index contributed by atoms with van der Waals surface area (Å²) in [6, 6.07) is 13.0. The molecule has 5 nitrogen and oxygen atoms in total. The molecule has 2 amide bonds. The Bertz CT molecular complexity index is 1070. The number of nitrogens with zero attached hydrogens (tertiary/aromatic N) is 1. The number of fused-ring (bicyclic) bond motifs is 1. The van der Waals surface area contributed by atoms with Crippen LogP contribution in [0.3, 0.4) is 0 Å². The lowest BCUT2D eigenvalue weighted by Crippen LogP contribution is -2.36. The van der Waals surface area contributed by atoms with E-state index in [2.05, 4.69) is 15.6 Å². The van der Waals surface area contributed by atoms with Gasteiger partial charge in [-0.05, 0) is 49.2 Å². The third-order valence-corrected chi connectivity index (χ3v) is 6.44. The van der Waals surface area contributed by atoms with Crippen molar-refractivity contribution >= 4 is 56.7 Å². The second kappa shape index (κ2) is 9.41. The van der Waals surface area contributed by atoms with Gasteiger partial charge in [-0.15, -0.1) is 11.3 Å². The van der Waals surface area contributed by atoms with Crippen molar-refractivity contribution in [1.29, 1.82) is 0 Å². The number of hydrogen-bond donors (Lipinski definition) is 2. The van der Waals surface area contributed by atoms with E-state index in [1.807, 2.05) is 24.3 Å². The standard InChI is InChI=1S/C23H22ClN3O2S/c24-18-11-10-16(14-17(18)23(29)26-15-6-2-1-3-7-15)25-21(28)12-13-22-27-19-8-4-5-9-20(19)30-22/h4-5,8-15H,1-3,6-7H2,(H,25,28)(H,26,29)/b13-12+. The van der Waals surface area contributed by atoms with E-state index in [1.165, 1.54) is 23.8 Å². The highest BCUT2D eigenvalue weighted by atomic mass is 35.5. The van der Waals surface area contributed by atoms with Crippen molar-refractivity contribution < 1.29 is 9.59 Å². The van der Waals surface area contributed by atoms with E-state index in [9.17, 15) is 9.59 Å². The quantitative estimate of drug-likeness (QED) is 0.503. The zero-order valence-corrected chi connectivity index (χ0v) is 17.9. The number of carbonyl (C=O) groups is 2. The van der Waals surface area contributed by atoms with E-state index >= 15 is 0 Å². The van der Waals surface area contributed by atoms with Crippen LogP contribution in [0.1, 0.15) is 47.5 Å². The number of aromatic nitrogens is 1. The number of para-hydroxylation sites is 1. The third kappa shape index (κ3) is 5.07. The van der Waals surface area contributed by atoms with Gasteiger partial charge in [0.25, 0.3) is 5.91 Å². The summed E-state index contributed by atoms with van der Waals surface area (Å²) in [4.78, 5) is 29.4. The molecule has 7 heteroatoms. The van der Waals surface area contributed by atoms with Crippen molar-refractivity contribution in [3.8, 4) is 0 Å². The second-order valence-corrected chi connectivity index (χ2v) is 8.81. The Morgan fingerprint density at radius 1 is 1.10 bits per heavy atom. The van der Waals surface area contributed by atoms with Gasteiger partial charge in [0.1, 0.15) is 5.01 Å². The van der Waals surface area contributed by atoms with Crippen LogP contribution in [-0.2, 0) is 4.79 Å². The first-order chi connectivity index (χ1) is 14.6. The van der Waals surface area contributed by atoms with Gasteiger partial charge in [0, 0.05) is 17.8 Å². The Kier molecular flexibility index (Phi) is 6.45. The summed E-state index contributed by atoms with van der Waals surface area (Å²) in [5.41, 5.74) is 1.80. The van der Waals surface area contributed by atoms with Gasteiger partial charge in [-0.2, -0.15) is 0 Å². The maximum Gasteiger partial charge on any atom is 0.253 e. The van der Waals surface area contributed by atoms with Crippen LogP contribution in [0.2, 0.25) is 5.02 Å². The first-order valence-corrected chi connectivity index (χ1v) is 11.2. The van der Waals surface area contributed by atoms with E-state index in [-0.39, 0.29) is 17.9 Å². The van der Waals surface area contributed by atoms with Gasteiger partial charge in [0.2, 0.25) is 5.91 Å². The summed E-state index contributed by atoms with van der Waals surface area (Å²) in [7, 11) is 0. The molecule has 1 heterocycles. The summed E-state index contributed by atoms with van der Waals surface area (Å²) in [6.45, 7) is 0. The summed E-state index contributed by atoms with van der Waals surface area (Å²) in [5, 5.41) is 6.97. The second-order valence-electron chi connectivity index (χ2n) is 7.35. The fourth-order valence-electron chi connectivity index (χ4n) is 3.58. The average molecular weight is 440 g/mol. The van der Waals surface area contributed by atoms with Crippen LogP contribution in [0, 0.1) is 0 Å². The van der Waals surface area contributed by atoms with Gasteiger partial charge in [0.05, 0.1) is 20.8 Å². The molecule has 4 rings (SSSR count). The number of carbonyl (C=O) groups excluding carboxylic acids is 2. The molecule has 0 radical (unpaired) electrons. The first-order valence-electron chi connectivity index (χ1n) is 10.0. The molecule has 154 valence electrons. The van der Waals surface area contributed by atoms with Crippen LogP contribution in [-0.4, -0.2) is 22.8 Å². The van der Waals surface area contributed by atoms with E-state index in [0.29, 0.717) is 16.3 Å². The molecular weight excluding hydrogens is 418 g/mol. The van der Waals surface area contributed by atoms with Crippen LogP contribution < -0.4 is 10.6 Å². The fourth-order valence-corrected chi connectivity index (χ4v) is 4.65. The molecule has 0 aliphatic heterocycles. The molecule has 0 spiro atoms. The summed E-state index contributed by atoms with van der Waals surface area (Å²) in [6.07, 6.45) is 8.61. The molecular formula is C23H22ClN3O2S. The topological polar surface area (TPSA) is 71.1 Å². The minimum Gasteiger partial charge on any atom is -0.349 e. The van der Waals surface area contributed by atoms with Crippen LogP contribution >= 0.6 is 22.9 Å². The highest BCUT2D eigenvalue weighted by Gasteiger charge is 2.18. The van der Waals surface area contributed by atoms with Crippen LogP contribution in [0.25, 0.3) is 16.3 Å². The zero-order chi connectivity index (χ0) is 20.9. The number of benzene rings is 2. The highest BCUT2D eigenvalue weighted by molar-refractivity contribution is 7.19. The van der Waals surface area contributed by atoms with Gasteiger partial charge in [-0.1, -0.05) is 43.0 Å². The maximum absolute atomic E-state index is 12.6. The first kappa shape index (κ1) is 20.6. The molecule has 0 unspecified atom stereocenters.